The van der Waals surface area contributed by atoms with Crippen LogP contribution in [-0.4, -0.2) is 86.4 Å². The van der Waals surface area contributed by atoms with Crippen LogP contribution in [0.5, 0.6) is 5.75 Å². The third-order valence-electron chi connectivity index (χ3n) is 6.32. The summed E-state index contributed by atoms with van der Waals surface area (Å²) in [7, 11) is -1.63. The number of halogens is 1. The average Bonchev–Trinajstić information content (AvgIpc) is 3.42. The normalized spacial score (nSPS) is 21.2. The van der Waals surface area contributed by atoms with Crippen LogP contribution in [0.15, 0.2) is 35.7 Å². The van der Waals surface area contributed by atoms with Gasteiger partial charge in [-0.1, -0.05) is 12.1 Å². The van der Waals surface area contributed by atoms with Crippen LogP contribution >= 0.6 is 11.3 Å². The molecule has 2 aliphatic rings. The Balaban J connectivity index is 1.32. The first-order valence-electron chi connectivity index (χ1n) is 11.1. The first kappa shape index (κ1) is 24.1. The fraction of sp³-hybridized carbons (Fsp3) is 0.522. The third kappa shape index (κ3) is 6.32. The van der Waals surface area contributed by atoms with Gasteiger partial charge in [0.1, 0.15) is 0 Å². The third-order valence-corrected chi connectivity index (χ3v) is 8.93. The van der Waals surface area contributed by atoms with Gasteiger partial charge in [0, 0.05) is 43.6 Å². The zero-order chi connectivity index (χ0) is 23.4. The minimum atomic E-state index is -3.08. The Labute approximate surface area is 198 Å². The van der Waals surface area contributed by atoms with E-state index in [9.17, 15) is 17.6 Å². The van der Waals surface area contributed by atoms with Crippen molar-refractivity contribution in [2.75, 3.05) is 51.3 Å². The van der Waals surface area contributed by atoms with Crippen molar-refractivity contribution in [2.24, 2.45) is 0 Å². The lowest BCUT2D eigenvalue weighted by atomic mass is 10.1. The molecule has 4 rings (SSSR count). The lowest BCUT2D eigenvalue weighted by Gasteiger charge is -2.36. The van der Waals surface area contributed by atoms with E-state index >= 15 is 0 Å². The predicted molar refractivity (Wildman–Crippen MR) is 127 cm³/mol. The molecule has 0 saturated carbocycles. The number of carbonyl (C=O) groups excluding carboxylic acids is 1. The molecule has 0 spiro atoms. The molecule has 7 nitrogen and oxygen atoms in total. The zero-order valence-electron chi connectivity index (χ0n) is 18.8. The zero-order valence-corrected chi connectivity index (χ0v) is 20.4. The molecule has 0 unspecified atom stereocenters. The molecule has 3 heterocycles. The smallest absolute Gasteiger partial charge is 0.237 e. The van der Waals surface area contributed by atoms with Gasteiger partial charge in [0.25, 0.3) is 0 Å². The van der Waals surface area contributed by atoms with Crippen molar-refractivity contribution in [2.45, 2.75) is 25.6 Å². The molecule has 1 aromatic heterocycles. The summed E-state index contributed by atoms with van der Waals surface area (Å²) in [5, 5.41) is 1.97. The fourth-order valence-corrected chi connectivity index (χ4v) is 6.90. The monoisotopic (exact) mass is 495 g/mol. The summed E-state index contributed by atoms with van der Waals surface area (Å²) < 4.78 is 43.0. The molecular formula is C23H30FN3O4S2. The summed E-state index contributed by atoms with van der Waals surface area (Å²) in [6.07, 6.45) is 0.506. The van der Waals surface area contributed by atoms with Gasteiger partial charge in [0.2, 0.25) is 5.91 Å². The first-order chi connectivity index (χ1) is 15.8. The van der Waals surface area contributed by atoms with Gasteiger partial charge in [-0.2, -0.15) is 0 Å². The standard InChI is InChI=1S/C23H30FN3O4S2/c1-31-22-5-4-18(13-21(22)24)14-25-7-9-26(10-8-25)16-23(28)27(15-20-3-2-11-32-20)19-6-12-33(29,30)17-19/h2-5,11,13,19H,6-10,12,14-17H2,1H3/t19-/m1/s1. The number of hydrogen-bond donors (Lipinski definition) is 0. The van der Waals surface area contributed by atoms with Gasteiger partial charge in [-0.15, -0.1) is 11.3 Å². The van der Waals surface area contributed by atoms with Crippen LogP contribution < -0.4 is 4.74 Å². The second kappa shape index (κ2) is 10.5. The van der Waals surface area contributed by atoms with E-state index in [1.807, 2.05) is 23.6 Å². The highest BCUT2D eigenvalue weighted by atomic mass is 32.2. The Kier molecular flexibility index (Phi) is 7.68. The van der Waals surface area contributed by atoms with Crippen molar-refractivity contribution in [3.05, 3.63) is 52.0 Å². The molecule has 2 saturated heterocycles. The van der Waals surface area contributed by atoms with E-state index in [1.165, 1.54) is 13.2 Å². The lowest BCUT2D eigenvalue weighted by Crippen LogP contribution is -2.51. The lowest BCUT2D eigenvalue weighted by molar-refractivity contribution is -0.135. The summed E-state index contributed by atoms with van der Waals surface area (Å²) >= 11 is 1.58. The fourth-order valence-electron chi connectivity index (χ4n) is 4.47. The van der Waals surface area contributed by atoms with E-state index in [1.54, 1.807) is 22.3 Å². The van der Waals surface area contributed by atoms with Gasteiger partial charge in [-0.05, 0) is 35.6 Å². The largest absolute Gasteiger partial charge is 0.494 e. The van der Waals surface area contributed by atoms with Crippen LogP contribution in [0.2, 0.25) is 0 Å². The summed E-state index contributed by atoms with van der Waals surface area (Å²) in [4.78, 5) is 20.4. The first-order valence-corrected chi connectivity index (χ1v) is 13.8. The molecule has 0 aliphatic carbocycles. The maximum Gasteiger partial charge on any atom is 0.237 e. The summed E-state index contributed by atoms with van der Waals surface area (Å²) in [5.74, 6) is 0.0618. The molecule has 0 N–H and O–H groups in total. The molecule has 2 aliphatic heterocycles. The molecule has 0 radical (unpaired) electrons. The van der Waals surface area contributed by atoms with Crippen LogP contribution in [0.25, 0.3) is 0 Å². The molecule has 1 aromatic carbocycles. The highest BCUT2D eigenvalue weighted by molar-refractivity contribution is 7.91. The minimum Gasteiger partial charge on any atom is -0.494 e. The highest BCUT2D eigenvalue weighted by Crippen LogP contribution is 2.23. The van der Waals surface area contributed by atoms with Crippen molar-refractivity contribution in [3.8, 4) is 5.75 Å². The van der Waals surface area contributed by atoms with Crippen molar-refractivity contribution < 1.29 is 22.3 Å². The number of thiophene rings is 1. The van der Waals surface area contributed by atoms with Gasteiger partial charge in [-0.25, -0.2) is 12.8 Å². The van der Waals surface area contributed by atoms with Crippen LogP contribution in [0.1, 0.15) is 16.9 Å². The molecule has 2 fully saturated rings. The molecule has 180 valence electrons. The number of benzene rings is 1. The van der Waals surface area contributed by atoms with Gasteiger partial charge < -0.3 is 9.64 Å². The predicted octanol–water partition coefficient (Wildman–Crippen LogP) is 2.23. The molecule has 0 bridgehead atoms. The van der Waals surface area contributed by atoms with Crippen molar-refractivity contribution >= 4 is 27.1 Å². The van der Waals surface area contributed by atoms with Crippen LogP contribution in [0.4, 0.5) is 4.39 Å². The van der Waals surface area contributed by atoms with Crippen LogP contribution in [-0.2, 0) is 27.7 Å². The number of piperazine rings is 1. The SMILES string of the molecule is COc1ccc(CN2CCN(CC(=O)N(Cc3cccs3)[C@@H]3CCS(=O)(=O)C3)CC2)cc1F. The van der Waals surface area contributed by atoms with Gasteiger partial charge in [-0.3, -0.25) is 14.6 Å². The van der Waals surface area contributed by atoms with Gasteiger partial charge in [0.05, 0.1) is 31.7 Å². The second-order valence-corrected chi connectivity index (χ2v) is 11.9. The number of sulfone groups is 1. The summed E-state index contributed by atoms with van der Waals surface area (Å²) in [5.41, 5.74) is 0.891. The van der Waals surface area contributed by atoms with Crippen LogP contribution in [0.3, 0.4) is 0 Å². The van der Waals surface area contributed by atoms with Crippen molar-refractivity contribution in [1.29, 1.82) is 0 Å². The van der Waals surface area contributed by atoms with Crippen molar-refractivity contribution in [3.63, 3.8) is 0 Å². The van der Waals surface area contributed by atoms with Crippen molar-refractivity contribution in [1.82, 2.24) is 14.7 Å². The Bertz CT molecular complexity index is 1050. The minimum absolute atomic E-state index is 0.0174. The number of amides is 1. The highest BCUT2D eigenvalue weighted by Gasteiger charge is 2.35. The number of rotatable bonds is 8. The Morgan fingerprint density at radius 2 is 1.97 bits per heavy atom. The van der Waals surface area contributed by atoms with E-state index in [2.05, 4.69) is 9.80 Å². The molecular weight excluding hydrogens is 465 g/mol. The second-order valence-electron chi connectivity index (χ2n) is 8.68. The number of nitrogens with zero attached hydrogens (tertiary/aromatic N) is 3. The molecule has 2 aromatic rings. The van der Waals surface area contributed by atoms with E-state index in [0.717, 1.165) is 36.6 Å². The van der Waals surface area contributed by atoms with Gasteiger partial charge >= 0.3 is 0 Å². The Hall–Kier alpha value is -2.01. The van der Waals surface area contributed by atoms with Crippen LogP contribution in [0, 0.1) is 5.82 Å². The van der Waals surface area contributed by atoms with E-state index in [-0.39, 0.29) is 41.6 Å². The average molecular weight is 496 g/mol. The van der Waals surface area contributed by atoms with E-state index in [0.29, 0.717) is 19.5 Å². The van der Waals surface area contributed by atoms with E-state index in [4.69, 9.17) is 4.74 Å². The molecule has 1 amide bonds. The molecule has 33 heavy (non-hydrogen) atoms. The maximum absolute atomic E-state index is 14.0. The van der Waals surface area contributed by atoms with E-state index < -0.39 is 9.84 Å². The maximum atomic E-state index is 14.0. The number of methoxy groups -OCH3 is 1. The molecule has 1 atom stereocenters. The Morgan fingerprint density at radius 1 is 1.21 bits per heavy atom. The summed E-state index contributed by atoms with van der Waals surface area (Å²) in [6, 6.07) is 8.70. The number of carbonyl (C=O) groups is 1. The number of hydrogen-bond acceptors (Lipinski definition) is 7. The molecule has 10 heteroatoms. The van der Waals surface area contributed by atoms with Gasteiger partial charge in [0.15, 0.2) is 21.4 Å². The summed E-state index contributed by atoms with van der Waals surface area (Å²) in [6.45, 7) is 4.42. The number of ether oxygens (including phenoxy) is 1. The quantitative estimate of drug-likeness (QED) is 0.560. The Morgan fingerprint density at radius 3 is 2.58 bits per heavy atom. The topological polar surface area (TPSA) is 70.2 Å².